The third-order valence-electron chi connectivity index (χ3n) is 9.04. The maximum absolute atomic E-state index is 13.6. The molecule has 212 valence electrons. The topological polar surface area (TPSA) is 77.1 Å². The van der Waals surface area contributed by atoms with Gasteiger partial charge in [-0.25, -0.2) is 0 Å². The third kappa shape index (κ3) is 6.45. The number of piperidine rings is 1. The Morgan fingerprint density at radius 1 is 1.13 bits per heavy atom. The number of hydrogen-bond acceptors (Lipinski definition) is 6. The summed E-state index contributed by atoms with van der Waals surface area (Å²) in [5, 5.41) is 6.13. The molecule has 0 aromatic heterocycles. The fraction of sp³-hybridized carbons (Fsp3) is 0.733. The van der Waals surface area contributed by atoms with Gasteiger partial charge in [-0.2, -0.15) is 0 Å². The Balaban J connectivity index is 1.56. The molecule has 1 aromatic carbocycles. The van der Waals surface area contributed by atoms with E-state index in [0.29, 0.717) is 24.2 Å². The van der Waals surface area contributed by atoms with Crippen molar-refractivity contribution in [1.82, 2.24) is 20.4 Å². The van der Waals surface area contributed by atoms with E-state index in [2.05, 4.69) is 73.3 Å². The number of hydrogen-bond donors (Lipinski definition) is 2. The first-order valence-corrected chi connectivity index (χ1v) is 14.6. The van der Waals surface area contributed by atoms with E-state index in [9.17, 15) is 9.59 Å². The first-order chi connectivity index (χ1) is 18.1. The van der Waals surface area contributed by atoms with Gasteiger partial charge in [0.05, 0.1) is 5.92 Å². The van der Waals surface area contributed by atoms with Crippen molar-refractivity contribution < 1.29 is 14.3 Å². The minimum Gasteiger partial charge on any atom is -0.488 e. The molecule has 3 atom stereocenters. The van der Waals surface area contributed by atoms with Crippen LogP contribution in [0.15, 0.2) is 12.1 Å². The second kappa shape index (κ2) is 12.2. The van der Waals surface area contributed by atoms with E-state index in [0.717, 1.165) is 55.9 Å². The zero-order valence-electron chi connectivity index (χ0n) is 24.5. The minimum absolute atomic E-state index is 0.0330. The maximum atomic E-state index is 13.6. The summed E-state index contributed by atoms with van der Waals surface area (Å²) in [5.74, 6) is 0.677. The zero-order chi connectivity index (χ0) is 27.6. The summed E-state index contributed by atoms with van der Waals surface area (Å²) < 4.78 is 6.36. The van der Waals surface area contributed by atoms with E-state index in [1.807, 2.05) is 13.0 Å². The molecule has 2 N–H and O–H groups in total. The predicted molar refractivity (Wildman–Crippen MR) is 153 cm³/mol. The molecule has 2 heterocycles. The Hall–Kier alpha value is -2.32. The molecule has 38 heavy (non-hydrogen) atoms. The highest BCUT2D eigenvalue weighted by atomic mass is 16.5. The van der Waals surface area contributed by atoms with Crippen molar-refractivity contribution in [2.75, 3.05) is 52.2 Å². The monoisotopic (exact) mass is 527 g/mol. The number of rotatable bonds is 9. The van der Waals surface area contributed by atoms with Crippen LogP contribution in [-0.4, -0.2) is 93.2 Å². The van der Waals surface area contributed by atoms with Crippen LogP contribution >= 0.6 is 0 Å². The van der Waals surface area contributed by atoms with Gasteiger partial charge in [-0.15, -0.1) is 0 Å². The fourth-order valence-corrected chi connectivity index (χ4v) is 6.68. The number of amides is 2. The van der Waals surface area contributed by atoms with Crippen LogP contribution in [0.25, 0.3) is 0 Å². The van der Waals surface area contributed by atoms with E-state index in [-0.39, 0.29) is 35.8 Å². The van der Waals surface area contributed by atoms with E-state index in [1.165, 1.54) is 12.8 Å². The number of ether oxygens (including phenoxy) is 1. The van der Waals surface area contributed by atoms with Gasteiger partial charge < -0.3 is 25.2 Å². The summed E-state index contributed by atoms with van der Waals surface area (Å²) in [6.45, 7) is 11.4. The van der Waals surface area contributed by atoms with Gasteiger partial charge in [-0.3, -0.25) is 14.5 Å². The number of nitrogens with one attached hydrogen (secondary N) is 2. The van der Waals surface area contributed by atoms with Gasteiger partial charge in [0.25, 0.3) is 5.91 Å². The normalized spacial score (nSPS) is 28.5. The van der Waals surface area contributed by atoms with Crippen molar-refractivity contribution in [1.29, 1.82) is 0 Å². The van der Waals surface area contributed by atoms with Gasteiger partial charge >= 0.3 is 0 Å². The second-order valence-electron chi connectivity index (χ2n) is 12.2. The van der Waals surface area contributed by atoms with E-state index >= 15 is 0 Å². The van der Waals surface area contributed by atoms with Crippen molar-refractivity contribution >= 4 is 17.5 Å². The van der Waals surface area contributed by atoms with Gasteiger partial charge in [-0.05, 0) is 91.6 Å². The molecule has 2 saturated heterocycles. The van der Waals surface area contributed by atoms with Gasteiger partial charge in [0.2, 0.25) is 5.91 Å². The van der Waals surface area contributed by atoms with Crippen LogP contribution in [-0.2, 0) is 4.79 Å². The Labute approximate surface area is 229 Å². The largest absolute Gasteiger partial charge is 0.488 e. The number of likely N-dealkylation sites (N-methyl/N-ethyl adjacent to an activating group) is 1. The van der Waals surface area contributed by atoms with Crippen LogP contribution < -0.4 is 20.3 Å². The zero-order valence-corrected chi connectivity index (χ0v) is 24.5. The lowest BCUT2D eigenvalue weighted by atomic mass is 9.84. The summed E-state index contributed by atoms with van der Waals surface area (Å²) in [4.78, 5) is 33.2. The average Bonchev–Trinajstić information content (AvgIpc) is 2.84. The summed E-state index contributed by atoms with van der Waals surface area (Å²) in [5.41, 5.74) is 2.71. The lowest BCUT2D eigenvalue weighted by Gasteiger charge is -2.41. The maximum Gasteiger partial charge on any atom is 0.251 e. The summed E-state index contributed by atoms with van der Waals surface area (Å²) in [6, 6.07) is 5.31. The molecule has 3 fully saturated rings. The molecule has 1 aromatic rings. The number of carbonyl (C=O) groups is 2. The van der Waals surface area contributed by atoms with E-state index in [4.69, 9.17) is 4.74 Å². The third-order valence-corrected chi connectivity index (χ3v) is 9.04. The highest BCUT2D eigenvalue weighted by Crippen LogP contribution is 2.35. The lowest BCUT2D eigenvalue weighted by molar-refractivity contribution is -0.129. The van der Waals surface area contributed by atoms with Crippen LogP contribution in [0.2, 0.25) is 0 Å². The van der Waals surface area contributed by atoms with Gasteiger partial charge in [0, 0.05) is 61.6 Å². The van der Waals surface area contributed by atoms with Crippen molar-refractivity contribution in [3.05, 3.63) is 23.3 Å². The number of likely N-dealkylation sites (tertiary alicyclic amines) is 1. The SMILES string of the molecule is CCN(c1cc(OC2CN(C)C2)cc(C(=O)NCC2C(=O)NC(C)CC2C)c1C)C1CCC(N(C)C)CC1. The molecule has 4 rings (SSSR count). The smallest absolute Gasteiger partial charge is 0.251 e. The molecular weight excluding hydrogens is 478 g/mol. The summed E-state index contributed by atoms with van der Waals surface area (Å²) in [6.07, 6.45) is 5.73. The predicted octanol–water partition coefficient (Wildman–Crippen LogP) is 3.28. The Morgan fingerprint density at radius 2 is 1.79 bits per heavy atom. The molecule has 8 nitrogen and oxygen atoms in total. The number of carbonyl (C=O) groups excluding carboxylic acids is 2. The Morgan fingerprint density at radius 3 is 2.37 bits per heavy atom. The average molecular weight is 528 g/mol. The van der Waals surface area contributed by atoms with Crippen LogP contribution in [0.3, 0.4) is 0 Å². The standard InChI is InChI=1S/C30H49N5O3/c1-8-35(23-11-9-22(10-12-23)33(5)6)28-15-24(38-25-17-34(7)18-25)14-26(21(28)4)29(36)31-16-27-19(2)13-20(3)32-30(27)37/h14-15,19-20,22-23,25,27H,8-13,16-18H2,1-7H3,(H,31,36)(H,32,37). The molecule has 2 amide bonds. The van der Waals surface area contributed by atoms with Crippen molar-refractivity contribution in [3.63, 3.8) is 0 Å². The van der Waals surface area contributed by atoms with Crippen LogP contribution in [0.4, 0.5) is 5.69 Å². The molecule has 1 saturated carbocycles. The van der Waals surface area contributed by atoms with E-state index in [1.54, 1.807) is 0 Å². The summed E-state index contributed by atoms with van der Waals surface area (Å²) >= 11 is 0. The van der Waals surface area contributed by atoms with Crippen LogP contribution in [0, 0.1) is 18.8 Å². The first-order valence-electron chi connectivity index (χ1n) is 14.6. The Bertz CT molecular complexity index is 984. The minimum atomic E-state index is -0.209. The molecule has 0 spiro atoms. The molecule has 2 aliphatic heterocycles. The first kappa shape index (κ1) is 28.7. The molecule has 3 unspecified atom stereocenters. The molecule has 0 radical (unpaired) electrons. The molecule has 1 aliphatic carbocycles. The quantitative estimate of drug-likeness (QED) is 0.513. The van der Waals surface area contributed by atoms with Crippen molar-refractivity contribution in [2.24, 2.45) is 11.8 Å². The van der Waals surface area contributed by atoms with Crippen LogP contribution in [0.5, 0.6) is 5.75 Å². The van der Waals surface area contributed by atoms with Crippen molar-refractivity contribution in [3.8, 4) is 5.75 Å². The fourth-order valence-electron chi connectivity index (χ4n) is 6.68. The number of anilines is 1. The van der Waals surface area contributed by atoms with Crippen molar-refractivity contribution in [2.45, 2.75) is 84.0 Å². The summed E-state index contributed by atoms with van der Waals surface area (Å²) in [7, 11) is 6.44. The van der Waals surface area contributed by atoms with Gasteiger partial charge in [0.1, 0.15) is 11.9 Å². The highest BCUT2D eigenvalue weighted by molar-refractivity contribution is 5.98. The number of benzene rings is 1. The Kier molecular flexibility index (Phi) is 9.24. The van der Waals surface area contributed by atoms with Crippen LogP contribution in [0.1, 0.15) is 68.8 Å². The molecule has 3 aliphatic rings. The lowest BCUT2D eigenvalue weighted by Crippen LogP contribution is -2.51. The second-order valence-corrected chi connectivity index (χ2v) is 12.2. The molecule has 0 bridgehead atoms. The molecular formula is C30H49N5O3. The van der Waals surface area contributed by atoms with Gasteiger partial charge in [-0.1, -0.05) is 6.92 Å². The number of nitrogens with zero attached hydrogens (tertiary/aromatic N) is 3. The van der Waals surface area contributed by atoms with E-state index < -0.39 is 0 Å². The van der Waals surface area contributed by atoms with Gasteiger partial charge in [0.15, 0.2) is 0 Å². The highest BCUT2D eigenvalue weighted by Gasteiger charge is 2.33. The molecule has 8 heteroatoms.